The van der Waals surface area contributed by atoms with Gasteiger partial charge in [-0.15, -0.1) is 0 Å². The molecule has 1 atom stereocenters. The van der Waals surface area contributed by atoms with Gasteiger partial charge in [-0.2, -0.15) is 0 Å². The maximum Gasteiger partial charge on any atom is 0.265 e. The topological polar surface area (TPSA) is 72.5 Å². The fourth-order valence-electron chi connectivity index (χ4n) is 1.13. The van der Waals surface area contributed by atoms with Crippen LogP contribution in [0.2, 0.25) is 0 Å². The quantitative estimate of drug-likeness (QED) is 0.828. The van der Waals surface area contributed by atoms with Gasteiger partial charge >= 0.3 is 0 Å². The molecule has 108 valence electrons. The van der Waals surface area contributed by atoms with Crippen molar-refractivity contribution in [2.75, 3.05) is 12.9 Å². The van der Waals surface area contributed by atoms with E-state index in [0.29, 0.717) is 6.61 Å². The van der Waals surface area contributed by atoms with Crippen molar-refractivity contribution in [1.82, 2.24) is 4.72 Å². The molecule has 0 aliphatic carbocycles. The number of amides is 1. The Balaban J connectivity index is 4.99. The van der Waals surface area contributed by atoms with Crippen molar-refractivity contribution in [1.29, 1.82) is 0 Å². The van der Waals surface area contributed by atoms with Gasteiger partial charge < -0.3 is 4.74 Å². The highest BCUT2D eigenvalue weighted by Crippen LogP contribution is 2.25. The van der Waals surface area contributed by atoms with Gasteiger partial charge in [0.15, 0.2) is 0 Å². The molecule has 0 aromatic rings. The maximum absolute atomic E-state index is 12.0. The second-order valence-electron chi connectivity index (χ2n) is 6.31. The average molecular weight is 279 g/mol. The third-order valence-corrected chi connectivity index (χ3v) is 3.19. The lowest BCUT2D eigenvalue weighted by molar-refractivity contribution is -0.153. The van der Waals surface area contributed by atoms with Gasteiger partial charge in [-0.1, -0.05) is 34.6 Å². The minimum absolute atomic E-state index is 0.0957. The SMILES string of the molecule is CC(C)C(C)(OCC(C)(C)C)C(=O)NS(C)(=O)=O. The number of nitrogens with one attached hydrogen (secondary N) is 1. The summed E-state index contributed by atoms with van der Waals surface area (Å²) in [6, 6.07) is 0. The predicted octanol–water partition coefficient (Wildman–Crippen LogP) is 1.54. The monoisotopic (exact) mass is 279 g/mol. The van der Waals surface area contributed by atoms with Crippen LogP contribution in [0.3, 0.4) is 0 Å². The van der Waals surface area contributed by atoms with Gasteiger partial charge in [-0.3, -0.25) is 9.52 Å². The van der Waals surface area contributed by atoms with Crippen LogP contribution in [0.15, 0.2) is 0 Å². The van der Waals surface area contributed by atoms with Crippen molar-refractivity contribution >= 4 is 15.9 Å². The summed E-state index contributed by atoms with van der Waals surface area (Å²) >= 11 is 0. The molecule has 0 radical (unpaired) electrons. The molecule has 18 heavy (non-hydrogen) atoms. The fraction of sp³-hybridized carbons (Fsp3) is 0.917. The first-order chi connectivity index (χ1) is 7.78. The second kappa shape index (κ2) is 5.57. The lowest BCUT2D eigenvalue weighted by atomic mass is 9.90. The molecule has 0 rings (SSSR count). The van der Waals surface area contributed by atoms with Crippen LogP contribution in [0.5, 0.6) is 0 Å². The third-order valence-electron chi connectivity index (χ3n) is 2.64. The molecule has 0 aliphatic heterocycles. The van der Waals surface area contributed by atoms with Crippen LogP contribution in [0.4, 0.5) is 0 Å². The summed E-state index contributed by atoms with van der Waals surface area (Å²) in [6.07, 6.45) is 0.954. The Morgan fingerprint density at radius 2 is 1.67 bits per heavy atom. The Hall–Kier alpha value is -0.620. The molecule has 0 fully saturated rings. The molecule has 0 saturated heterocycles. The van der Waals surface area contributed by atoms with E-state index in [0.717, 1.165) is 6.26 Å². The highest BCUT2D eigenvalue weighted by atomic mass is 32.2. The minimum Gasteiger partial charge on any atom is -0.365 e. The van der Waals surface area contributed by atoms with E-state index in [-0.39, 0.29) is 11.3 Å². The Bertz CT molecular complexity index is 395. The van der Waals surface area contributed by atoms with Crippen LogP contribution in [-0.4, -0.2) is 32.8 Å². The van der Waals surface area contributed by atoms with Crippen molar-refractivity contribution in [3.05, 3.63) is 0 Å². The molecule has 0 aromatic carbocycles. The molecule has 0 aliphatic rings. The van der Waals surface area contributed by atoms with Crippen LogP contribution in [0.25, 0.3) is 0 Å². The Morgan fingerprint density at radius 3 is 1.94 bits per heavy atom. The summed E-state index contributed by atoms with van der Waals surface area (Å²) in [5, 5.41) is 0. The average Bonchev–Trinajstić information content (AvgIpc) is 2.09. The number of ether oxygens (including phenoxy) is 1. The molecular formula is C12H25NO4S. The van der Waals surface area contributed by atoms with Gasteiger partial charge in [0.1, 0.15) is 5.60 Å². The molecule has 1 unspecified atom stereocenters. The first-order valence-electron chi connectivity index (χ1n) is 5.94. The molecular weight excluding hydrogens is 254 g/mol. The highest BCUT2D eigenvalue weighted by molar-refractivity contribution is 7.89. The van der Waals surface area contributed by atoms with Crippen LogP contribution < -0.4 is 4.72 Å². The van der Waals surface area contributed by atoms with Gasteiger partial charge in [-0.25, -0.2) is 8.42 Å². The van der Waals surface area contributed by atoms with Gasteiger partial charge in [0.05, 0.1) is 12.9 Å². The van der Waals surface area contributed by atoms with Crippen molar-refractivity contribution in [2.45, 2.75) is 47.1 Å². The largest absolute Gasteiger partial charge is 0.365 e. The molecule has 0 bridgehead atoms. The smallest absolute Gasteiger partial charge is 0.265 e. The van der Waals surface area contributed by atoms with Crippen molar-refractivity contribution in [3.8, 4) is 0 Å². The van der Waals surface area contributed by atoms with Gasteiger partial charge in [0.25, 0.3) is 5.91 Å². The fourth-order valence-corrected chi connectivity index (χ4v) is 1.67. The zero-order chi connectivity index (χ0) is 14.8. The van der Waals surface area contributed by atoms with Crippen molar-refractivity contribution < 1.29 is 17.9 Å². The summed E-state index contributed by atoms with van der Waals surface area (Å²) in [4.78, 5) is 12.0. The minimum atomic E-state index is -3.57. The predicted molar refractivity (Wildman–Crippen MR) is 71.6 cm³/mol. The summed E-state index contributed by atoms with van der Waals surface area (Å²) in [7, 11) is -3.57. The van der Waals surface area contributed by atoms with E-state index >= 15 is 0 Å². The van der Waals surface area contributed by atoms with Crippen LogP contribution in [0, 0.1) is 11.3 Å². The van der Waals surface area contributed by atoms with Crippen molar-refractivity contribution in [2.24, 2.45) is 11.3 Å². The number of hydrogen-bond acceptors (Lipinski definition) is 4. The van der Waals surface area contributed by atoms with E-state index in [2.05, 4.69) is 0 Å². The first kappa shape index (κ1) is 17.4. The van der Waals surface area contributed by atoms with E-state index in [1.54, 1.807) is 6.92 Å². The molecule has 0 saturated carbocycles. The summed E-state index contributed by atoms with van der Waals surface area (Å²) in [6.45, 7) is 11.6. The lowest BCUT2D eigenvalue weighted by Gasteiger charge is -2.34. The second-order valence-corrected chi connectivity index (χ2v) is 8.06. The number of rotatable bonds is 5. The normalized spacial score (nSPS) is 16.4. The first-order valence-corrected chi connectivity index (χ1v) is 7.83. The molecule has 0 heterocycles. The highest BCUT2D eigenvalue weighted by Gasteiger charge is 2.40. The van der Waals surface area contributed by atoms with E-state index in [9.17, 15) is 13.2 Å². The Morgan fingerprint density at radius 1 is 1.22 bits per heavy atom. The van der Waals surface area contributed by atoms with Crippen LogP contribution >= 0.6 is 0 Å². The Kier molecular flexibility index (Phi) is 5.38. The van der Waals surface area contributed by atoms with E-state index in [4.69, 9.17) is 4.74 Å². The maximum atomic E-state index is 12.0. The van der Waals surface area contributed by atoms with Crippen LogP contribution in [0.1, 0.15) is 41.5 Å². The number of sulfonamides is 1. The zero-order valence-electron chi connectivity index (χ0n) is 12.3. The van der Waals surface area contributed by atoms with Gasteiger partial charge in [0, 0.05) is 0 Å². The number of carbonyl (C=O) groups excluding carboxylic acids is 1. The van der Waals surface area contributed by atoms with Gasteiger partial charge in [-0.05, 0) is 18.3 Å². The van der Waals surface area contributed by atoms with Crippen molar-refractivity contribution in [3.63, 3.8) is 0 Å². The van der Waals surface area contributed by atoms with E-state index in [1.165, 1.54) is 0 Å². The number of carbonyl (C=O) groups is 1. The standard InChI is InChI=1S/C12H25NO4S/c1-9(2)12(6,17-8-11(3,4)5)10(14)13-18(7,15)16/h9H,8H2,1-7H3,(H,13,14). The van der Waals surface area contributed by atoms with Crippen LogP contribution in [-0.2, 0) is 19.6 Å². The molecule has 1 amide bonds. The Labute approximate surface area is 110 Å². The van der Waals surface area contributed by atoms with Gasteiger partial charge in [0.2, 0.25) is 10.0 Å². The molecule has 0 spiro atoms. The molecule has 1 N–H and O–H groups in total. The molecule has 5 nitrogen and oxygen atoms in total. The molecule has 6 heteroatoms. The number of hydrogen-bond donors (Lipinski definition) is 1. The molecule has 0 aromatic heterocycles. The van der Waals surface area contributed by atoms with E-state index in [1.807, 2.05) is 39.3 Å². The lowest BCUT2D eigenvalue weighted by Crippen LogP contribution is -2.52. The summed E-state index contributed by atoms with van der Waals surface area (Å²) < 4.78 is 29.9. The summed E-state index contributed by atoms with van der Waals surface area (Å²) in [5.41, 5.74) is -1.25. The zero-order valence-corrected chi connectivity index (χ0v) is 13.1. The van der Waals surface area contributed by atoms with E-state index < -0.39 is 21.5 Å². The third kappa shape index (κ3) is 5.82. The summed E-state index contributed by atoms with van der Waals surface area (Å²) in [5.74, 6) is -0.758.